The number of Topliss-reactive ketones (excluding diaryl/α,β-unsaturated/α-hetero) is 1. The lowest BCUT2D eigenvalue weighted by Gasteiger charge is -2.11. The molecule has 2 heterocycles. The molecule has 0 amide bonds. The topological polar surface area (TPSA) is 89.0 Å². The van der Waals surface area contributed by atoms with Crippen LogP contribution in [0.15, 0.2) is 47.3 Å². The molecule has 2 aromatic heterocycles. The van der Waals surface area contributed by atoms with Crippen molar-refractivity contribution in [2.75, 3.05) is 14.2 Å². The average molecular weight is 407 g/mol. The number of aromatic amines is 1. The lowest BCUT2D eigenvalue weighted by molar-refractivity contribution is -0.358. The molecular formula is C22H23N4O4+. The smallest absolute Gasteiger partial charge is 0.423 e. The summed E-state index contributed by atoms with van der Waals surface area (Å²) in [5.74, 6) is 1.44. The summed E-state index contributed by atoms with van der Waals surface area (Å²) in [6, 6.07) is 12.5. The molecule has 8 nitrogen and oxygen atoms in total. The van der Waals surface area contributed by atoms with E-state index >= 15 is 0 Å². The van der Waals surface area contributed by atoms with Gasteiger partial charge in [0.2, 0.25) is 0 Å². The summed E-state index contributed by atoms with van der Waals surface area (Å²) >= 11 is 0. The molecule has 2 aromatic carbocycles. The van der Waals surface area contributed by atoms with Gasteiger partial charge in [-0.3, -0.25) is 9.36 Å². The monoisotopic (exact) mass is 407 g/mol. The van der Waals surface area contributed by atoms with E-state index in [1.165, 1.54) is 23.3 Å². The van der Waals surface area contributed by atoms with Crippen LogP contribution >= 0.6 is 0 Å². The maximum absolute atomic E-state index is 13.2. The van der Waals surface area contributed by atoms with E-state index in [-0.39, 0.29) is 18.0 Å². The Bertz CT molecular complexity index is 1310. The second-order valence-corrected chi connectivity index (χ2v) is 6.96. The highest BCUT2D eigenvalue weighted by molar-refractivity contribution is 6.00. The van der Waals surface area contributed by atoms with Crippen LogP contribution in [0.25, 0.3) is 16.6 Å². The molecule has 0 aliphatic carbocycles. The molecule has 30 heavy (non-hydrogen) atoms. The molecule has 0 fully saturated rings. The summed E-state index contributed by atoms with van der Waals surface area (Å²) in [5.41, 5.74) is 1.26. The number of fused-ring (bicyclic) bond motifs is 3. The zero-order valence-corrected chi connectivity index (χ0v) is 17.1. The van der Waals surface area contributed by atoms with Crippen LogP contribution in [-0.4, -0.2) is 34.2 Å². The second kappa shape index (κ2) is 7.98. The third-order valence-electron chi connectivity index (χ3n) is 5.05. The molecule has 154 valence electrons. The van der Waals surface area contributed by atoms with Crippen molar-refractivity contribution in [3.05, 3.63) is 64.3 Å². The van der Waals surface area contributed by atoms with E-state index < -0.39 is 0 Å². The number of para-hydroxylation sites is 1. The molecule has 0 radical (unpaired) electrons. The molecule has 0 aliphatic rings. The van der Waals surface area contributed by atoms with Crippen molar-refractivity contribution in [3.63, 3.8) is 0 Å². The van der Waals surface area contributed by atoms with Crippen LogP contribution in [-0.2, 0) is 13.0 Å². The van der Waals surface area contributed by atoms with E-state index in [1.54, 1.807) is 18.2 Å². The number of ether oxygens (including phenoxy) is 2. The highest BCUT2D eigenvalue weighted by Crippen LogP contribution is 2.25. The molecule has 0 saturated carbocycles. The van der Waals surface area contributed by atoms with E-state index in [0.717, 1.165) is 24.1 Å². The summed E-state index contributed by atoms with van der Waals surface area (Å²) in [7, 11) is 3.03. The third-order valence-corrected chi connectivity index (χ3v) is 5.05. The number of H-pyrrole nitrogens is 1. The number of benzene rings is 2. The van der Waals surface area contributed by atoms with Gasteiger partial charge < -0.3 is 9.47 Å². The van der Waals surface area contributed by atoms with E-state index in [9.17, 15) is 9.59 Å². The Morgan fingerprint density at radius 2 is 1.93 bits per heavy atom. The summed E-state index contributed by atoms with van der Waals surface area (Å²) in [6.07, 6.45) is 1.63. The number of nitrogens with zero attached hydrogens (tertiary/aromatic N) is 3. The normalized spacial score (nSPS) is 11.2. The predicted molar refractivity (Wildman–Crippen MR) is 111 cm³/mol. The molecule has 4 aromatic rings. The molecule has 0 saturated heterocycles. The number of carbonyl (C=O) groups is 1. The standard InChI is InChI=1S/C22H22N4O4/c1-4-7-20-23-21-15-8-5-6-9-17(15)25(22(28)26(21)24-20)13-18(27)16-12-14(29-2)10-11-19(16)30-3/h5-6,8-12H,4,7,13H2,1-3H3/p+1. The van der Waals surface area contributed by atoms with Crippen LogP contribution in [0.2, 0.25) is 0 Å². The first kappa shape index (κ1) is 19.6. The number of hydrogen-bond donors (Lipinski definition) is 0. The van der Waals surface area contributed by atoms with Crippen LogP contribution in [0.1, 0.15) is 29.5 Å². The minimum atomic E-state index is -0.377. The maximum atomic E-state index is 13.2. The molecule has 0 bridgehead atoms. The van der Waals surface area contributed by atoms with Crippen LogP contribution in [0.4, 0.5) is 0 Å². The van der Waals surface area contributed by atoms with Gasteiger partial charge in [-0.05, 0) is 41.3 Å². The number of nitrogens with one attached hydrogen (secondary N) is 1. The van der Waals surface area contributed by atoms with Crippen LogP contribution in [0, 0.1) is 0 Å². The van der Waals surface area contributed by atoms with Gasteiger partial charge in [0.05, 0.1) is 42.3 Å². The molecule has 0 aliphatic heterocycles. The molecule has 4 rings (SSSR count). The fraction of sp³-hybridized carbons (Fsp3) is 0.273. The highest BCUT2D eigenvalue weighted by Gasteiger charge is 2.23. The van der Waals surface area contributed by atoms with Gasteiger partial charge >= 0.3 is 5.69 Å². The summed E-state index contributed by atoms with van der Waals surface area (Å²) in [4.78, 5) is 29.7. The number of rotatable bonds is 7. The van der Waals surface area contributed by atoms with E-state index in [2.05, 4.69) is 17.0 Å². The van der Waals surface area contributed by atoms with Gasteiger partial charge in [0.25, 0.3) is 11.5 Å². The van der Waals surface area contributed by atoms with Crippen LogP contribution in [0.5, 0.6) is 11.5 Å². The molecule has 0 unspecified atom stereocenters. The van der Waals surface area contributed by atoms with Crippen molar-refractivity contribution in [1.82, 2.24) is 14.2 Å². The fourth-order valence-electron chi connectivity index (χ4n) is 3.59. The summed E-state index contributed by atoms with van der Waals surface area (Å²) < 4.78 is 13.4. The Balaban J connectivity index is 1.87. The molecule has 8 heteroatoms. The first-order valence-corrected chi connectivity index (χ1v) is 9.75. The van der Waals surface area contributed by atoms with Gasteiger partial charge in [-0.2, -0.15) is 0 Å². The van der Waals surface area contributed by atoms with Gasteiger partial charge in [-0.15, -0.1) is 0 Å². The first-order valence-electron chi connectivity index (χ1n) is 9.75. The van der Waals surface area contributed by atoms with Gasteiger partial charge in [0.15, 0.2) is 5.78 Å². The maximum Gasteiger partial charge on any atom is 0.423 e. The molecule has 0 spiro atoms. The van der Waals surface area contributed by atoms with E-state index in [0.29, 0.717) is 28.2 Å². The van der Waals surface area contributed by atoms with Crippen LogP contribution < -0.4 is 20.1 Å². The van der Waals surface area contributed by atoms with Crippen molar-refractivity contribution < 1.29 is 19.3 Å². The Kier molecular flexibility index (Phi) is 5.22. The second-order valence-electron chi connectivity index (χ2n) is 6.96. The Morgan fingerprint density at radius 3 is 2.67 bits per heavy atom. The number of ketones is 1. The van der Waals surface area contributed by atoms with Crippen molar-refractivity contribution in [1.29, 1.82) is 0 Å². The first-order chi connectivity index (χ1) is 14.6. The third kappa shape index (κ3) is 3.30. The summed E-state index contributed by atoms with van der Waals surface area (Å²) in [6.45, 7) is 1.90. The van der Waals surface area contributed by atoms with Crippen molar-refractivity contribution in [2.24, 2.45) is 0 Å². The molecular weight excluding hydrogens is 384 g/mol. The largest absolute Gasteiger partial charge is 0.497 e. The van der Waals surface area contributed by atoms with E-state index in [1.807, 2.05) is 24.3 Å². The Hall–Kier alpha value is -3.68. The van der Waals surface area contributed by atoms with Crippen molar-refractivity contribution in [2.45, 2.75) is 26.3 Å². The molecule has 0 atom stereocenters. The van der Waals surface area contributed by atoms with Gasteiger partial charge in [-0.1, -0.05) is 19.1 Å². The van der Waals surface area contributed by atoms with Gasteiger partial charge in [0, 0.05) is 6.42 Å². The predicted octanol–water partition coefficient (Wildman–Crippen LogP) is 2.32. The van der Waals surface area contributed by atoms with E-state index in [4.69, 9.17) is 9.47 Å². The highest BCUT2D eigenvalue weighted by atomic mass is 16.5. The van der Waals surface area contributed by atoms with Crippen LogP contribution in [0.3, 0.4) is 0 Å². The Labute approximate surface area is 172 Å². The van der Waals surface area contributed by atoms with Crippen molar-refractivity contribution in [3.8, 4) is 11.5 Å². The minimum absolute atomic E-state index is 0.151. The number of aryl methyl sites for hydroxylation is 1. The summed E-state index contributed by atoms with van der Waals surface area (Å²) in [5, 5.41) is 5.24. The quantitative estimate of drug-likeness (QED) is 0.439. The zero-order valence-electron chi connectivity index (χ0n) is 17.1. The van der Waals surface area contributed by atoms with Gasteiger partial charge in [-0.25, -0.2) is 9.78 Å². The fourth-order valence-corrected chi connectivity index (χ4v) is 3.59. The number of hydrogen-bond acceptors (Lipinski definition) is 5. The lowest BCUT2D eigenvalue weighted by atomic mass is 10.1. The Morgan fingerprint density at radius 1 is 1.13 bits per heavy atom. The van der Waals surface area contributed by atoms with Crippen molar-refractivity contribution >= 4 is 22.3 Å². The average Bonchev–Trinajstić information content (AvgIpc) is 3.20. The number of aromatic nitrogens is 4. The lowest BCUT2D eigenvalue weighted by Crippen LogP contribution is -2.31. The van der Waals surface area contributed by atoms with Gasteiger partial charge in [0.1, 0.15) is 11.5 Å². The molecule has 1 N–H and O–H groups in total. The minimum Gasteiger partial charge on any atom is -0.497 e. The number of methoxy groups -OCH3 is 2. The zero-order chi connectivity index (χ0) is 21.3. The SMILES string of the molecule is CCCc1nn2c(=O)n(CC(=O)c3cc(OC)ccc3OC)c3ccccc3c2[nH+]1. The number of carbonyl (C=O) groups excluding carboxylic acids is 1.